The van der Waals surface area contributed by atoms with Crippen molar-refractivity contribution in [2.24, 2.45) is 0 Å². The van der Waals surface area contributed by atoms with Gasteiger partial charge in [0.05, 0.1) is 48.8 Å². The van der Waals surface area contributed by atoms with Crippen molar-refractivity contribution in [1.29, 1.82) is 10.5 Å². The highest BCUT2D eigenvalue weighted by molar-refractivity contribution is 7.47. The van der Waals surface area contributed by atoms with E-state index in [2.05, 4.69) is 22.3 Å². The molecule has 0 aliphatic rings. The molecule has 3 aromatic rings. The minimum Gasteiger partial charge on any atom is -0.419 e. The molecule has 3 rings (SSSR count). The Balaban J connectivity index is 1.44. The van der Waals surface area contributed by atoms with Gasteiger partial charge < -0.3 is 35.6 Å². The lowest BCUT2D eigenvalue weighted by atomic mass is 10.0. The SMILES string of the molecule is CCCCCCCCCCCCCCCCCCOC[C@H](COP(=O)(O)OC[C@@H](OC#N)[C@@H](O)[C@@H](O)c1ccc2c(N)ncnn12)NC(=O)c1ccccc1C#N. The standard InChI is InChI=1S/C40H60N7O9P/c1-2-3-4-5-6-7-8-9-10-11-12-13-14-15-16-19-24-53-26-32(46-40(50)33-21-18-17-20-31(33)25-41)27-55-57(51,52)56-28-36(54-29-42)38(49)37(48)34-22-23-35-39(43)44-30-45-47(34)35/h17-18,20-23,30,32,36-38,48-49H,2-16,19,24,26-28H2,1H3,(H,46,50)(H,51,52)(H2,43,44,45)/t32-,36-,37+,38-/m1/s1. The lowest BCUT2D eigenvalue weighted by Crippen LogP contribution is -2.42. The van der Waals surface area contributed by atoms with Crippen LogP contribution < -0.4 is 11.1 Å². The predicted octanol–water partition coefficient (Wildman–Crippen LogP) is 6.65. The Morgan fingerprint density at radius 3 is 2.09 bits per heavy atom. The molecule has 0 spiro atoms. The van der Waals surface area contributed by atoms with Gasteiger partial charge in [-0.1, -0.05) is 115 Å². The Hall–Kier alpha value is -4.12. The van der Waals surface area contributed by atoms with Crippen LogP contribution >= 0.6 is 7.82 Å². The summed E-state index contributed by atoms with van der Waals surface area (Å²) in [5.41, 5.74) is 6.53. The van der Waals surface area contributed by atoms with Gasteiger partial charge in [0, 0.05) is 6.61 Å². The van der Waals surface area contributed by atoms with Crippen molar-refractivity contribution in [3.05, 3.63) is 59.5 Å². The number of rotatable bonds is 31. The van der Waals surface area contributed by atoms with Crippen LogP contribution in [0.15, 0.2) is 42.7 Å². The van der Waals surface area contributed by atoms with Gasteiger partial charge >= 0.3 is 7.82 Å². The molecular weight excluding hydrogens is 753 g/mol. The first-order chi connectivity index (χ1) is 27.6. The van der Waals surface area contributed by atoms with Crippen LogP contribution in [0.1, 0.15) is 137 Å². The average molecular weight is 814 g/mol. The van der Waals surface area contributed by atoms with Crippen molar-refractivity contribution in [3.63, 3.8) is 0 Å². The van der Waals surface area contributed by atoms with E-state index in [1.807, 2.05) is 6.07 Å². The Bertz CT molecular complexity index is 1750. The molecule has 57 heavy (non-hydrogen) atoms. The summed E-state index contributed by atoms with van der Waals surface area (Å²) in [6, 6.07) is 10.2. The minimum absolute atomic E-state index is 0.0659. The Morgan fingerprint density at radius 2 is 1.47 bits per heavy atom. The van der Waals surface area contributed by atoms with Crippen molar-refractivity contribution in [1.82, 2.24) is 19.9 Å². The van der Waals surface area contributed by atoms with E-state index in [9.17, 15) is 35.0 Å². The lowest BCUT2D eigenvalue weighted by molar-refractivity contribution is -0.0797. The van der Waals surface area contributed by atoms with E-state index in [4.69, 9.17) is 24.3 Å². The quantitative estimate of drug-likeness (QED) is 0.0259. The topological polar surface area (TPSA) is 248 Å². The number of carbonyl (C=O) groups is 1. The van der Waals surface area contributed by atoms with Gasteiger partial charge in [-0.2, -0.15) is 15.6 Å². The number of amides is 1. The number of benzene rings is 1. The number of hydrogen-bond donors (Lipinski definition) is 5. The van der Waals surface area contributed by atoms with Crippen molar-refractivity contribution in [3.8, 4) is 12.3 Å². The molecule has 16 nitrogen and oxygen atoms in total. The number of fused-ring (bicyclic) bond motifs is 1. The minimum atomic E-state index is -4.89. The summed E-state index contributed by atoms with van der Waals surface area (Å²) in [5, 5.41) is 47.1. The molecular formula is C40H60N7O9P. The predicted molar refractivity (Wildman–Crippen MR) is 213 cm³/mol. The molecule has 0 aliphatic carbocycles. The number of nitriles is 2. The zero-order chi connectivity index (χ0) is 41.3. The van der Waals surface area contributed by atoms with Crippen LogP contribution in [0.25, 0.3) is 5.52 Å². The van der Waals surface area contributed by atoms with Crippen molar-refractivity contribution >= 4 is 25.1 Å². The third kappa shape index (κ3) is 17.1. The second-order valence-corrected chi connectivity index (χ2v) is 15.6. The fourth-order valence-corrected chi connectivity index (χ4v) is 7.16. The first-order valence-electron chi connectivity index (χ1n) is 20.1. The largest absolute Gasteiger partial charge is 0.472 e. The number of nitrogens with one attached hydrogen (secondary N) is 1. The van der Waals surface area contributed by atoms with Gasteiger partial charge in [-0.25, -0.2) is 14.1 Å². The molecule has 0 aliphatic heterocycles. The maximum Gasteiger partial charge on any atom is 0.472 e. The van der Waals surface area contributed by atoms with Crippen molar-refractivity contribution in [2.45, 2.75) is 134 Å². The molecule has 0 radical (unpaired) electrons. The van der Waals surface area contributed by atoms with Crippen molar-refractivity contribution < 1.29 is 43.0 Å². The molecule has 1 amide bonds. The molecule has 0 saturated heterocycles. The number of nitrogen functional groups attached to an aromatic ring is 1. The monoisotopic (exact) mass is 813 g/mol. The summed E-state index contributed by atoms with van der Waals surface area (Å²) in [7, 11) is -4.89. The molecule has 17 heteroatoms. The summed E-state index contributed by atoms with van der Waals surface area (Å²) < 4.78 is 35.1. The number of anilines is 1. The average Bonchev–Trinajstić information content (AvgIpc) is 3.66. The number of nitrogens with zero attached hydrogens (tertiary/aromatic N) is 5. The maximum atomic E-state index is 13.1. The fraction of sp³-hybridized carbons (Fsp3) is 0.625. The molecule has 2 aromatic heterocycles. The van der Waals surface area contributed by atoms with Crippen LogP contribution in [0.5, 0.6) is 0 Å². The number of ether oxygens (including phenoxy) is 2. The molecule has 0 saturated carbocycles. The van der Waals surface area contributed by atoms with Crippen LogP contribution in [-0.4, -0.2) is 80.3 Å². The number of unbranched alkanes of at least 4 members (excludes halogenated alkanes) is 15. The Kier molecular flexibility index (Phi) is 22.2. The zero-order valence-electron chi connectivity index (χ0n) is 33.0. The van der Waals surface area contributed by atoms with Crippen LogP contribution in [-0.2, 0) is 23.1 Å². The highest BCUT2D eigenvalue weighted by atomic mass is 31.2. The van der Waals surface area contributed by atoms with Gasteiger partial charge in [0.15, 0.2) is 11.9 Å². The van der Waals surface area contributed by atoms with Gasteiger partial charge in [0.1, 0.15) is 24.1 Å². The third-order valence-corrected chi connectivity index (χ3v) is 10.6. The molecule has 1 unspecified atom stereocenters. The Labute approximate surface area is 335 Å². The summed E-state index contributed by atoms with van der Waals surface area (Å²) in [6.45, 7) is 1.21. The molecule has 6 N–H and O–H groups in total. The van der Waals surface area contributed by atoms with E-state index < -0.39 is 51.3 Å². The van der Waals surface area contributed by atoms with Gasteiger partial charge in [0.2, 0.25) is 0 Å². The van der Waals surface area contributed by atoms with Gasteiger partial charge in [-0.3, -0.25) is 13.8 Å². The number of carbonyl (C=O) groups excluding carboxylic acids is 1. The highest BCUT2D eigenvalue weighted by Gasteiger charge is 2.35. The second-order valence-electron chi connectivity index (χ2n) is 14.1. The van der Waals surface area contributed by atoms with E-state index in [0.29, 0.717) is 12.1 Å². The second kappa shape index (κ2) is 26.7. The summed E-state index contributed by atoms with van der Waals surface area (Å²) in [5.74, 6) is -0.483. The van der Waals surface area contributed by atoms with E-state index in [1.54, 1.807) is 12.1 Å². The van der Waals surface area contributed by atoms with E-state index >= 15 is 0 Å². The highest BCUT2D eigenvalue weighted by Crippen LogP contribution is 2.44. The molecule has 5 atom stereocenters. The Morgan fingerprint density at radius 1 is 0.877 bits per heavy atom. The smallest absolute Gasteiger partial charge is 0.419 e. The summed E-state index contributed by atoms with van der Waals surface area (Å²) >= 11 is 0. The van der Waals surface area contributed by atoms with Crippen LogP contribution in [0, 0.1) is 22.8 Å². The van der Waals surface area contributed by atoms with Crippen molar-refractivity contribution in [2.75, 3.05) is 32.2 Å². The van der Waals surface area contributed by atoms with Crippen LogP contribution in [0.4, 0.5) is 5.82 Å². The summed E-state index contributed by atoms with van der Waals surface area (Å²) in [4.78, 5) is 27.5. The number of aromatic nitrogens is 3. The van der Waals surface area contributed by atoms with E-state index in [0.717, 1.165) is 32.0 Å². The number of aliphatic hydroxyl groups is 2. The number of hydrogen-bond acceptors (Lipinski definition) is 13. The van der Waals surface area contributed by atoms with Crippen LogP contribution in [0.2, 0.25) is 0 Å². The fourth-order valence-electron chi connectivity index (χ4n) is 6.39. The zero-order valence-corrected chi connectivity index (χ0v) is 33.9. The van der Waals surface area contributed by atoms with E-state index in [-0.39, 0.29) is 29.2 Å². The van der Waals surface area contributed by atoms with Gasteiger partial charge in [-0.05, 0) is 30.7 Å². The van der Waals surface area contributed by atoms with Crippen LogP contribution in [0.3, 0.4) is 0 Å². The molecule has 0 fully saturated rings. The summed E-state index contributed by atoms with van der Waals surface area (Å²) in [6.07, 6.45) is 17.3. The lowest BCUT2D eigenvalue weighted by Gasteiger charge is -2.25. The number of nitrogens with two attached hydrogens (primary N) is 1. The van der Waals surface area contributed by atoms with Gasteiger partial charge in [-0.15, -0.1) is 0 Å². The third-order valence-electron chi connectivity index (χ3n) is 9.65. The first-order valence-corrected chi connectivity index (χ1v) is 21.6. The molecule has 2 heterocycles. The molecule has 0 bridgehead atoms. The number of aliphatic hydroxyl groups excluding tert-OH is 2. The molecule has 314 valence electrons. The maximum absolute atomic E-state index is 13.1. The molecule has 1 aromatic carbocycles. The first kappa shape index (κ1) is 47.3. The van der Waals surface area contributed by atoms with E-state index in [1.165, 1.54) is 112 Å². The normalized spacial score (nSPS) is 14.6. The van der Waals surface area contributed by atoms with Gasteiger partial charge in [0.25, 0.3) is 12.2 Å². The number of phosphoric acid groups is 1. The number of phosphoric ester groups is 1.